The average molecular weight is 546 g/mol. The molecule has 5 rings (SSSR count). The van der Waals surface area contributed by atoms with Crippen molar-refractivity contribution in [3.63, 3.8) is 0 Å². The summed E-state index contributed by atoms with van der Waals surface area (Å²) in [6.07, 6.45) is 3.67. The van der Waals surface area contributed by atoms with E-state index in [0.717, 1.165) is 41.5 Å². The molecular weight excluding hydrogens is 506 g/mol. The summed E-state index contributed by atoms with van der Waals surface area (Å²) >= 11 is 0. The Bertz CT molecular complexity index is 1380. The summed E-state index contributed by atoms with van der Waals surface area (Å²) in [6, 6.07) is 10.1. The first-order valence-electron chi connectivity index (χ1n) is 13.7. The van der Waals surface area contributed by atoms with Gasteiger partial charge in [-0.3, -0.25) is 0 Å². The molecular formula is C30H39N5O3Si. The third-order valence-electron chi connectivity index (χ3n) is 8.53. The van der Waals surface area contributed by atoms with Gasteiger partial charge in [0.25, 0.3) is 0 Å². The van der Waals surface area contributed by atoms with E-state index in [4.69, 9.17) is 8.95 Å². The number of nitrogens with zero attached hydrogens (tertiary/aromatic N) is 4. The molecule has 39 heavy (non-hydrogen) atoms. The highest BCUT2D eigenvalue weighted by molar-refractivity contribution is 6.74. The van der Waals surface area contributed by atoms with Crippen molar-refractivity contribution < 1.29 is 13.7 Å². The molecule has 2 aliphatic rings. The lowest BCUT2D eigenvalue weighted by Gasteiger charge is -2.38. The van der Waals surface area contributed by atoms with Gasteiger partial charge in [0.05, 0.1) is 6.54 Å². The summed E-state index contributed by atoms with van der Waals surface area (Å²) in [5.41, 5.74) is 2.77. The maximum Gasteiger partial charge on any atom is 0.317 e. The van der Waals surface area contributed by atoms with E-state index in [2.05, 4.69) is 72.7 Å². The van der Waals surface area contributed by atoms with Gasteiger partial charge in [-0.05, 0) is 61.2 Å². The molecule has 1 saturated carbocycles. The van der Waals surface area contributed by atoms with E-state index < -0.39 is 8.32 Å². The van der Waals surface area contributed by atoms with Gasteiger partial charge in [0, 0.05) is 55.6 Å². The average Bonchev–Trinajstić information content (AvgIpc) is 3.38. The van der Waals surface area contributed by atoms with Crippen LogP contribution in [0.2, 0.25) is 18.1 Å². The number of nitrogens with one attached hydrogen (secondary N) is 1. The molecule has 1 unspecified atom stereocenters. The van der Waals surface area contributed by atoms with E-state index in [1.165, 1.54) is 0 Å². The fraction of sp³-hybridized carbons (Fsp3) is 0.500. The highest BCUT2D eigenvalue weighted by atomic mass is 28.4. The van der Waals surface area contributed by atoms with Gasteiger partial charge in [0.1, 0.15) is 17.6 Å². The number of carbonyl (C=O) groups is 1. The zero-order valence-corrected chi connectivity index (χ0v) is 25.0. The van der Waals surface area contributed by atoms with Gasteiger partial charge in [-0.25, -0.2) is 9.78 Å². The highest BCUT2D eigenvalue weighted by Crippen LogP contribution is 2.51. The first-order valence-corrected chi connectivity index (χ1v) is 16.6. The maximum absolute atomic E-state index is 11.8. The molecule has 206 valence electrons. The van der Waals surface area contributed by atoms with Crippen molar-refractivity contribution in [2.24, 2.45) is 17.8 Å². The number of hydrogen-bond donors (Lipinski definition) is 1. The number of imidazole rings is 1. The predicted molar refractivity (Wildman–Crippen MR) is 153 cm³/mol. The van der Waals surface area contributed by atoms with Crippen LogP contribution in [0.4, 0.5) is 4.79 Å². The molecule has 0 bridgehead atoms. The molecule has 1 saturated heterocycles. The largest absolute Gasteiger partial charge is 0.407 e. The second kappa shape index (κ2) is 10.3. The Kier molecular flexibility index (Phi) is 7.20. The molecule has 1 aromatic carbocycles. The quantitative estimate of drug-likeness (QED) is 0.325. The molecule has 1 N–H and O–H groups in total. The number of fused-ring (bicyclic) bond motifs is 1. The van der Waals surface area contributed by atoms with Gasteiger partial charge in [-0.1, -0.05) is 37.8 Å². The fourth-order valence-electron chi connectivity index (χ4n) is 5.13. The van der Waals surface area contributed by atoms with Gasteiger partial charge < -0.3 is 23.7 Å². The summed E-state index contributed by atoms with van der Waals surface area (Å²) in [5.74, 6) is 9.77. The third kappa shape index (κ3) is 5.68. The first kappa shape index (κ1) is 27.2. The van der Waals surface area contributed by atoms with Crippen LogP contribution < -0.4 is 5.32 Å². The lowest BCUT2D eigenvalue weighted by Crippen LogP contribution is -2.41. The van der Waals surface area contributed by atoms with Crippen molar-refractivity contribution in [1.82, 2.24) is 24.9 Å². The number of carbonyl (C=O) groups excluding carboxylic acids is 1. The first-order chi connectivity index (χ1) is 18.5. The molecule has 2 aromatic heterocycles. The molecule has 2 amide bonds. The van der Waals surface area contributed by atoms with Crippen LogP contribution in [0, 0.1) is 29.6 Å². The van der Waals surface area contributed by atoms with Crippen LogP contribution in [-0.2, 0) is 11.0 Å². The summed E-state index contributed by atoms with van der Waals surface area (Å²) in [4.78, 5) is 18.2. The molecule has 4 atom stereocenters. The Morgan fingerprint density at radius 2 is 1.92 bits per heavy atom. The number of aromatic nitrogens is 3. The van der Waals surface area contributed by atoms with E-state index in [1.807, 2.05) is 47.6 Å². The molecule has 0 spiro atoms. The summed E-state index contributed by atoms with van der Waals surface area (Å²) in [7, 11) is -0.244. The Labute approximate surface area is 232 Å². The summed E-state index contributed by atoms with van der Waals surface area (Å²) in [5, 5.41) is 7.15. The number of hydrogen-bond acceptors (Lipinski definition) is 5. The molecule has 1 aliphatic carbocycles. The van der Waals surface area contributed by atoms with Crippen LogP contribution in [0.3, 0.4) is 0 Å². The molecule has 9 heteroatoms. The maximum atomic E-state index is 11.8. The predicted octanol–water partition coefficient (Wildman–Crippen LogP) is 5.54. The number of rotatable bonds is 6. The Balaban J connectivity index is 1.19. The number of amides is 2. The molecule has 1 aliphatic heterocycles. The normalized spacial score (nSPS) is 21.2. The number of urea groups is 1. The zero-order valence-electron chi connectivity index (χ0n) is 24.0. The number of piperidine rings is 1. The number of benzene rings is 1. The van der Waals surface area contributed by atoms with Gasteiger partial charge in [-0.2, -0.15) is 0 Å². The molecule has 2 fully saturated rings. The van der Waals surface area contributed by atoms with Crippen molar-refractivity contribution in [3.05, 3.63) is 59.8 Å². The van der Waals surface area contributed by atoms with Crippen molar-refractivity contribution in [2.75, 3.05) is 20.1 Å². The van der Waals surface area contributed by atoms with Gasteiger partial charge in [-0.15, -0.1) is 0 Å². The minimum absolute atomic E-state index is 0.00996. The van der Waals surface area contributed by atoms with Crippen LogP contribution in [0.15, 0.2) is 47.2 Å². The van der Waals surface area contributed by atoms with E-state index in [0.29, 0.717) is 24.3 Å². The van der Waals surface area contributed by atoms with Crippen LogP contribution in [0.1, 0.15) is 50.9 Å². The lowest BCUT2D eigenvalue weighted by molar-refractivity contribution is 0.189. The molecule has 3 heterocycles. The van der Waals surface area contributed by atoms with Crippen LogP contribution in [0.25, 0.3) is 11.3 Å². The van der Waals surface area contributed by atoms with E-state index in [-0.39, 0.29) is 17.2 Å². The zero-order chi connectivity index (χ0) is 27.9. The smallest absolute Gasteiger partial charge is 0.317 e. The Morgan fingerprint density at radius 1 is 1.23 bits per heavy atom. The van der Waals surface area contributed by atoms with Gasteiger partial charge >= 0.3 is 6.03 Å². The molecule has 8 nitrogen and oxygen atoms in total. The Hall–Kier alpha value is -3.35. The minimum Gasteiger partial charge on any atom is -0.407 e. The van der Waals surface area contributed by atoms with Crippen LogP contribution in [-0.4, -0.2) is 54.1 Å². The topological polar surface area (TPSA) is 85.4 Å². The van der Waals surface area contributed by atoms with Gasteiger partial charge in [0.15, 0.2) is 14.1 Å². The lowest BCUT2D eigenvalue weighted by atomic mass is 10.1. The number of likely N-dealkylation sites (tertiary alicyclic amines) is 1. The Morgan fingerprint density at radius 3 is 2.56 bits per heavy atom. The molecule has 0 radical (unpaired) electrons. The summed E-state index contributed by atoms with van der Waals surface area (Å²) in [6.45, 7) is 15.5. The van der Waals surface area contributed by atoms with Gasteiger partial charge in [0.2, 0.25) is 0 Å². The van der Waals surface area contributed by atoms with E-state index in [1.54, 1.807) is 7.05 Å². The monoisotopic (exact) mass is 545 g/mol. The van der Waals surface area contributed by atoms with E-state index in [9.17, 15) is 4.79 Å². The van der Waals surface area contributed by atoms with Crippen molar-refractivity contribution in [2.45, 2.75) is 58.5 Å². The van der Waals surface area contributed by atoms with Crippen molar-refractivity contribution in [1.29, 1.82) is 0 Å². The second-order valence-electron chi connectivity index (χ2n) is 12.3. The highest BCUT2D eigenvalue weighted by Gasteiger charge is 2.56. The van der Waals surface area contributed by atoms with Crippen LogP contribution >= 0.6 is 0 Å². The third-order valence-corrected chi connectivity index (χ3v) is 13.1. The minimum atomic E-state index is -1.92. The fourth-order valence-corrected chi connectivity index (χ4v) is 6.47. The second-order valence-corrected chi connectivity index (χ2v) is 17.0. The molecule has 3 aromatic rings. The van der Waals surface area contributed by atoms with Crippen molar-refractivity contribution in [3.8, 4) is 23.2 Å². The van der Waals surface area contributed by atoms with E-state index >= 15 is 0 Å². The SMILES string of the molecule is CNC(=O)N1C[C@@H]2[C@@H](C#Cc3ccc(-c4cc(Cn5ccnc5C(C)O[Si](C)(C)C(C)(C)C)no4)cc3)[C@@H]2C1. The van der Waals surface area contributed by atoms with Crippen molar-refractivity contribution >= 4 is 14.3 Å². The standard InChI is InChI=1S/C30H39N5O3Si/c1-20(38-39(6,7)30(2,3)4)28-32-14-15-34(28)17-23-16-27(37-33-23)22-11-8-21(9-12-22)10-13-24-25-18-35(19-26(24)25)29(36)31-5/h8-9,11-12,14-16,20,24-26H,17-19H2,1-7H3,(H,31,36)/t20?,24-,25-,26+. The van der Waals surface area contributed by atoms with Crippen LogP contribution in [0.5, 0.6) is 0 Å². The summed E-state index contributed by atoms with van der Waals surface area (Å²) < 4.78 is 14.3.